The fourth-order valence-corrected chi connectivity index (χ4v) is 5.32. The summed E-state index contributed by atoms with van der Waals surface area (Å²) in [5, 5.41) is 0. The average Bonchev–Trinajstić information content (AvgIpc) is 2.34. The molecule has 0 spiro atoms. The second kappa shape index (κ2) is 6.74. The molecular formula is C12H9Br2O2PS2. The van der Waals surface area contributed by atoms with Crippen LogP contribution in [0.2, 0.25) is 0 Å². The van der Waals surface area contributed by atoms with Crippen molar-refractivity contribution in [1.82, 2.24) is 0 Å². The van der Waals surface area contributed by atoms with E-state index < -0.39 is 5.69 Å². The van der Waals surface area contributed by atoms with Crippen LogP contribution >= 0.6 is 48.9 Å². The van der Waals surface area contributed by atoms with Crippen LogP contribution < -0.4 is 4.52 Å². The predicted octanol–water partition coefficient (Wildman–Crippen LogP) is 5.60. The van der Waals surface area contributed by atoms with Gasteiger partial charge in [-0.3, -0.25) is 0 Å². The molecule has 0 fully saturated rings. The Morgan fingerprint density at radius 1 is 0.947 bits per heavy atom. The van der Waals surface area contributed by atoms with Crippen molar-refractivity contribution in [1.29, 1.82) is 0 Å². The molecule has 0 saturated carbocycles. The summed E-state index contributed by atoms with van der Waals surface area (Å²) in [7, 11) is 0. The highest BCUT2D eigenvalue weighted by atomic mass is 79.9. The largest absolute Gasteiger partial charge is 0.436 e. The molecule has 0 bridgehead atoms. The summed E-state index contributed by atoms with van der Waals surface area (Å²) in [6, 6.07) is 14.8. The molecule has 0 heterocycles. The third-order valence-corrected chi connectivity index (χ3v) is 6.72. The summed E-state index contributed by atoms with van der Waals surface area (Å²) in [6.07, 6.45) is 0. The highest BCUT2D eigenvalue weighted by Gasteiger charge is 2.17. The summed E-state index contributed by atoms with van der Waals surface area (Å²) in [5.74, 6) is 0.568. The van der Waals surface area contributed by atoms with Gasteiger partial charge in [0.1, 0.15) is 5.75 Å². The van der Waals surface area contributed by atoms with E-state index in [1.54, 1.807) is 12.1 Å². The van der Waals surface area contributed by atoms with E-state index in [1.165, 1.54) is 11.4 Å². The van der Waals surface area contributed by atoms with Gasteiger partial charge in [-0.1, -0.05) is 31.9 Å². The first-order valence-corrected chi connectivity index (χ1v) is 10.9. The monoisotopic (exact) mass is 438 g/mol. The second-order valence-corrected chi connectivity index (χ2v) is 11.4. The maximum atomic E-state index is 10.2. The molecule has 7 heteroatoms. The van der Waals surface area contributed by atoms with Crippen LogP contribution in [0.4, 0.5) is 0 Å². The molecule has 0 aliphatic carbocycles. The maximum Gasteiger partial charge on any atom is 0.299 e. The lowest BCUT2D eigenvalue weighted by Crippen LogP contribution is -1.87. The third kappa shape index (κ3) is 5.21. The maximum absolute atomic E-state index is 10.2. The molecule has 0 aliphatic rings. The van der Waals surface area contributed by atoms with Crippen LogP contribution in [0.1, 0.15) is 0 Å². The van der Waals surface area contributed by atoms with Crippen molar-refractivity contribution in [3.63, 3.8) is 0 Å². The quantitative estimate of drug-likeness (QED) is 0.628. The Bertz CT molecular complexity index is 551. The molecule has 0 radical (unpaired) electrons. The minimum Gasteiger partial charge on any atom is -0.436 e. The van der Waals surface area contributed by atoms with Gasteiger partial charge < -0.3 is 9.42 Å². The zero-order chi connectivity index (χ0) is 13.9. The fourth-order valence-electron chi connectivity index (χ4n) is 1.28. The molecule has 1 atom stereocenters. The Kier molecular flexibility index (Phi) is 5.52. The van der Waals surface area contributed by atoms with Crippen molar-refractivity contribution < 1.29 is 9.42 Å². The van der Waals surface area contributed by atoms with Crippen molar-refractivity contribution in [2.45, 2.75) is 4.90 Å². The molecular weight excluding hydrogens is 431 g/mol. The van der Waals surface area contributed by atoms with Crippen LogP contribution in [-0.4, -0.2) is 4.89 Å². The summed E-state index contributed by atoms with van der Waals surface area (Å²) in [4.78, 5) is 11.1. The average molecular weight is 440 g/mol. The fraction of sp³-hybridized carbons (Fsp3) is 0. The summed E-state index contributed by atoms with van der Waals surface area (Å²) >= 11 is 13.0. The van der Waals surface area contributed by atoms with Crippen LogP contribution in [0.5, 0.6) is 5.75 Å². The molecule has 1 unspecified atom stereocenters. The van der Waals surface area contributed by atoms with E-state index in [4.69, 9.17) is 16.3 Å². The van der Waals surface area contributed by atoms with Gasteiger partial charge in [-0.25, -0.2) is 0 Å². The van der Waals surface area contributed by atoms with Gasteiger partial charge in [0, 0.05) is 13.8 Å². The topological polar surface area (TPSA) is 29.5 Å². The minimum absolute atomic E-state index is 0.568. The predicted molar refractivity (Wildman–Crippen MR) is 91.3 cm³/mol. The van der Waals surface area contributed by atoms with Gasteiger partial charge in [-0.15, -0.1) is 0 Å². The molecule has 0 aromatic heterocycles. The minimum atomic E-state index is -2.95. The van der Waals surface area contributed by atoms with Gasteiger partial charge in [0.15, 0.2) is 0 Å². The van der Waals surface area contributed by atoms with Crippen molar-refractivity contribution in [2.75, 3.05) is 0 Å². The van der Waals surface area contributed by atoms with Crippen molar-refractivity contribution >= 4 is 60.7 Å². The highest BCUT2D eigenvalue weighted by molar-refractivity contribution is 9.10. The van der Waals surface area contributed by atoms with E-state index in [2.05, 4.69) is 31.9 Å². The summed E-state index contributed by atoms with van der Waals surface area (Å²) in [6.45, 7) is 0. The van der Waals surface area contributed by atoms with Gasteiger partial charge in [-0.05, 0) is 71.7 Å². The molecule has 2 rings (SSSR count). The SMILES string of the molecule is OP(=S)(Oc1ccc(Br)cc1)Sc1ccc(Br)cc1. The number of halogens is 2. The number of hydrogen-bond donors (Lipinski definition) is 1. The van der Waals surface area contributed by atoms with Crippen molar-refractivity contribution in [2.24, 2.45) is 0 Å². The van der Waals surface area contributed by atoms with Crippen molar-refractivity contribution in [3.8, 4) is 5.75 Å². The highest BCUT2D eigenvalue weighted by Crippen LogP contribution is 2.59. The van der Waals surface area contributed by atoms with Gasteiger partial charge >= 0.3 is 0 Å². The zero-order valence-electron chi connectivity index (χ0n) is 9.49. The van der Waals surface area contributed by atoms with Crippen LogP contribution in [0, 0.1) is 0 Å². The van der Waals surface area contributed by atoms with Crippen LogP contribution in [-0.2, 0) is 11.8 Å². The Hall–Kier alpha value is 0.160. The van der Waals surface area contributed by atoms with Gasteiger partial charge in [0.05, 0.1) is 0 Å². The molecule has 2 nitrogen and oxygen atoms in total. The standard InChI is InChI=1S/C12H9Br2O2PS2/c13-9-1-5-11(6-2-9)16-17(15,18)19-12-7-3-10(14)4-8-12/h1-8H,(H,15,18). The third-order valence-electron chi connectivity index (χ3n) is 2.07. The first kappa shape index (κ1) is 15.5. The first-order valence-electron chi connectivity index (χ1n) is 5.18. The second-order valence-electron chi connectivity index (χ2n) is 3.56. The molecule has 0 amide bonds. The van der Waals surface area contributed by atoms with E-state index in [9.17, 15) is 4.89 Å². The number of hydrogen-bond acceptors (Lipinski definition) is 3. The lowest BCUT2D eigenvalue weighted by atomic mass is 10.3. The normalized spacial score (nSPS) is 13.8. The number of rotatable bonds is 4. The van der Waals surface area contributed by atoms with Crippen LogP contribution in [0.25, 0.3) is 0 Å². The molecule has 2 aromatic rings. The zero-order valence-corrected chi connectivity index (χ0v) is 15.2. The Labute approximate surface area is 137 Å². The molecule has 0 saturated heterocycles. The first-order chi connectivity index (χ1) is 8.94. The lowest BCUT2D eigenvalue weighted by Gasteiger charge is -2.16. The Morgan fingerprint density at radius 3 is 1.95 bits per heavy atom. The summed E-state index contributed by atoms with van der Waals surface area (Å²) < 4.78 is 7.44. The molecule has 100 valence electrons. The van der Waals surface area contributed by atoms with E-state index in [1.807, 2.05) is 36.4 Å². The van der Waals surface area contributed by atoms with Gasteiger partial charge in [0.25, 0.3) is 5.69 Å². The van der Waals surface area contributed by atoms with E-state index >= 15 is 0 Å². The van der Waals surface area contributed by atoms with E-state index in [-0.39, 0.29) is 0 Å². The van der Waals surface area contributed by atoms with Crippen molar-refractivity contribution in [3.05, 3.63) is 57.5 Å². The Balaban J connectivity index is 2.08. The van der Waals surface area contributed by atoms with Crippen LogP contribution in [0.3, 0.4) is 0 Å². The summed E-state index contributed by atoms with van der Waals surface area (Å²) in [5.41, 5.74) is -2.95. The van der Waals surface area contributed by atoms with Gasteiger partial charge in [-0.2, -0.15) is 0 Å². The molecule has 0 aliphatic heterocycles. The van der Waals surface area contributed by atoms with Crippen LogP contribution in [0.15, 0.2) is 62.4 Å². The smallest absolute Gasteiger partial charge is 0.299 e. The molecule has 2 aromatic carbocycles. The van der Waals surface area contributed by atoms with E-state index in [0.29, 0.717) is 5.75 Å². The Morgan fingerprint density at radius 2 is 1.42 bits per heavy atom. The molecule has 1 N–H and O–H groups in total. The molecule has 19 heavy (non-hydrogen) atoms. The lowest BCUT2D eigenvalue weighted by molar-refractivity contribution is 0.504. The van der Waals surface area contributed by atoms with E-state index in [0.717, 1.165) is 13.8 Å². The number of benzene rings is 2. The van der Waals surface area contributed by atoms with Gasteiger partial charge in [0.2, 0.25) is 0 Å².